The van der Waals surface area contributed by atoms with Gasteiger partial charge in [-0.1, -0.05) is 53.1 Å². The molecule has 1 N–H and O–H groups in total. The van der Waals surface area contributed by atoms with E-state index < -0.39 is 23.2 Å². The van der Waals surface area contributed by atoms with Crippen molar-refractivity contribution >= 4 is 58.9 Å². The first-order valence-corrected chi connectivity index (χ1v) is 15.5. The molecule has 0 aliphatic carbocycles. The summed E-state index contributed by atoms with van der Waals surface area (Å²) in [6.45, 7) is 10.7. The largest absolute Gasteiger partial charge is 0.465 e. The number of halogens is 3. The number of ether oxygens (including phenoxy) is 1. The van der Waals surface area contributed by atoms with E-state index in [1.165, 1.54) is 13.2 Å². The second-order valence-electron chi connectivity index (χ2n) is 11.7. The molecule has 1 saturated heterocycles. The Morgan fingerprint density at radius 2 is 1.91 bits per heavy atom. The van der Waals surface area contributed by atoms with Crippen molar-refractivity contribution < 1.29 is 18.7 Å². The maximum absolute atomic E-state index is 15.7. The summed E-state index contributed by atoms with van der Waals surface area (Å²) >= 11 is 12.5. The summed E-state index contributed by atoms with van der Waals surface area (Å²) in [7, 11) is 3.27. The smallest absolute Gasteiger partial charge is 0.337 e. The Balaban J connectivity index is 1.72. The van der Waals surface area contributed by atoms with Gasteiger partial charge in [-0.05, 0) is 88.4 Å². The van der Waals surface area contributed by atoms with Gasteiger partial charge < -0.3 is 15.0 Å². The first-order chi connectivity index (χ1) is 21.4. The van der Waals surface area contributed by atoms with Gasteiger partial charge in [0.05, 0.1) is 29.1 Å². The maximum Gasteiger partial charge on any atom is 0.337 e. The SMILES string of the molecule is C=Nc1cc(C(=O)OC)ccc1N(C)CC[C@H]1CC(c2cccc(Cl)c2F)[C@](C)(C(=O)Nc2cccc(Cl)c2)N1CC=C(C)C. The zero-order valence-corrected chi connectivity index (χ0v) is 27.8. The second kappa shape index (κ2) is 14.6. The number of allylic oxidation sites excluding steroid dienone is 1. The lowest BCUT2D eigenvalue weighted by Crippen LogP contribution is -2.56. The first kappa shape index (κ1) is 34.2. The Morgan fingerprint density at radius 3 is 2.58 bits per heavy atom. The van der Waals surface area contributed by atoms with Gasteiger partial charge in [0.2, 0.25) is 5.91 Å². The Kier molecular flexibility index (Phi) is 11.1. The lowest BCUT2D eigenvalue weighted by Gasteiger charge is -2.40. The molecule has 1 heterocycles. The number of methoxy groups -OCH3 is 1. The summed E-state index contributed by atoms with van der Waals surface area (Å²) in [5.41, 5.74) is 2.66. The number of carbonyl (C=O) groups is 2. The zero-order chi connectivity index (χ0) is 32.9. The molecule has 3 atom stereocenters. The maximum atomic E-state index is 15.7. The van der Waals surface area contributed by atoms with E-state index in [-0.39, 0.29) is 17.0 Å². The number of benzene rings is 3. The average Bonchev–Trinajstić information content (AvgIpc) is 3.31. The summed E-state index contributed by atoms with van der Waals surface area (Å²) in [5.74, 6) is -1.73. The van der Waals surface area contributed by atoms with E-state index >= 15 is 4.39 Å². The third kappa shape index (κ3) is 7.40. The molecule has 0 spiro atoms. The molecular weight excluding hydrogens is 614 g/mol. The number of hydrogen-bond donors (Lipinski definition) is 1. The number of amides is 1. The molecule has 4 rings (SSSR count). The average molecular weight is 654 g/mol. The Hall–Kier alpha value is -3.72. The van der Waals surface area contributed by atoms with Gasteiger partial charge in [-0.25, -0.2) is 9.18 Å². The van der Waals surface area contributed by atoms with Crippen molar-refractivity contribution in [2.24, 2.45) is 4.99 Å². The van der Waals surface area contributed by atoms with Crippen LogP contribution in [0.2, 0.25) is 10.0 Å². The number of hydrogen-bond acceptors (Lipinski definition) is 6. The molecule has 1 aliphatic heterocycles. The van der Waals surface area contributed by atoms with Crippen LogP contribution < -0.4 is 10.2 Å². The van der Waals surface area contributed by atoms with Crippen LogP contribution in [0.15, 0.2) is 77.3 Å². The topological polar surface area (TPSA) is 74.2 Å². The molecule has 3 aromatic carbocycles. The number of rotatable bonds is 11. The van der Waals surface area contributed by atoms with Gasteiger partial charge >= 0.3 is 5.97 Å². The van der Waals surface area contributed by atoms with E-state index in [0.29, 0.717) is 53.5 Å². The van der Waals surface area contributed by atoms with Crippen LogP contribution in [0.4, 0.5) is 21.5 Å². The number of aliphatic imine (C=N–C) groups is 1. The molecule has 45 heavy (non-hydrogen) atoms. The van der Waals surface area contributed by atoms with Crippen molar-refractivity contribution in [3.05, 3.63) is 99.3 Å². The fraction of sp³-hybridized carbons (Fsp3) is 0.343. The third-order valence-corrected chi connectivity index (χ3v) is 9.12. The molecular formula is C35H39Cl2FN4O3. The molecule has 1 fully saturated rings. The second-order valence-corrected chi connectivity index (χ2v) is 12.5. The monoisotopic (exact) mass is 652 g/mol. The van der Waals surface area contributed by atoms with Crippen LogP contribution in [0.25, 0.3) is 0 Å². The molecule has 1 unspecified atom stereocenters. The lowest BCUT2D eigenvalue weighted by atomic mass is 9.79. The molecule has 0 radical (unpaired) electrons. The number of esters is 1. The van der Waals surface area contributed by atoms with Crippen LogP contribution in [0, 0.1) is 5.82 Å². The molecule has 0 saturated carbocycles. The van der Waals surface area contributed by atoms with Crippen LogP contribution in [-0.4, -0.2) is 62.3 Å². The van der Waals surface area contributed by atoms with Gasteiger partial charge in [-0.2, -0.15) is 0 Å². The van der Waals surface area contributed by atoms with Crippen molar-refractivity contribution in [2.75, 3.05) is 37.5 Å². The minimum absolute atomic E-state index is 0.0176. The molecule has 7 nitrogen and oxygen atoms in total. The van der Waals surface area contributed by atoms with E-state index in [0.717, 1.165) is 11.3 Å². The van der Waals surface area contributed by atoms with Crippen LogP contribution in [0.5, 0.6) is 0 Å². The Labute approximate surface area is 274 Å². The molecule has 1 amide bonds. The van der Waals surface area contributed by atoms with Crippen LogP contribution in [0.3, 0.4) is 0 Å². The minimum Gasteiger partial charge on any atom is -0.465 e. The van der Waals surface area contributed by atoms with E-state index in [4.69, 9.17) is 27.9 Å². The van der Waals surface area contributed by atoms with E-state index in [1.54, 1.807) is 48.5 Å². The zero-order valence-electron chi connectivity index (χ0n) is 26.2. The summed E-state index contributed by atoms with van der Waals surface area (Å²) < 4.78 is 20.5. The Morgan fingerprint density at radius 1 is 1.18 bits per heavy atom. The van der Waals surface area contributed by atoms with Gasteiger partial charge in [0, 0.05) is 42.8 Å². The lowest BCUT2D eigenvalue weighted by molar-refractivity contribution is -0.126. The number of nitrogens with one attached hydrogen (secondary N) is 1. The Bertz CT molecular complexity index is 1610. The van der Waals surface area contributed by atoms with Crippen LogP contribution >= 0.6 is 23.2 Å². The van der Waals surface area contributed by atoms with Gasteiger partial charge in [-0.15, -0.1) is 0 Å². The first-order valence-electron chi connectivity index (χ1n) is 14.7. The predicted molar refractivity (Wildman–Crippen MR) is 182 cm³/mol. The summed E-state index contributed by atoms with van der Waals surface area (Å²) in [4.78, 5) is 34.8. The van der Waals surface area contributed by atoms with Crippen molar-refractivity contribution in [1.82, 2.24) is 4.90 Å². The molecule has 10 heteroatoms. The number of nitrogens with zero attached hydrogens (tertiary/aromatic N) is 3. The minimum atomic E-state index is -1.14. The molecule has 238 valence electrons. The highest BCUT2D eigenvalue weighted by Gasteiger charge is 2.55. The summed E-state index contributed by atoms with van der Waals surface area (Å²) in [5, 5.41) is 3.57. The highest BCUT2D eigenvalue weighted by molar-refractivity contribution is 6.31. The van der Waals surface area contributed by atoms with Crippen molar-refractivity contribution in [3.8, 4) is 0 Å². The number of likely N-dealkylation sites (tertiary alicyclic amines) is 1. The van der Waals surface area contributed by atoms with Crippen molar-refractivity contribution in [1.29, 1.82) is 0 Å². The standard InChI is InChI=1S/C35H39Cl2FN4O3/c1-22(2)15-18-42-26(16-17-41(5)31-14-13-23(33(43)45-6)19-30(31)39-4)21-28(27-11-8-12-29(37)32(27)38)35(42,3)34(44)40-25-10-7-9-24(36)20-25/h7-15,19-20,26,28H,4,16-18,21H2,1-3,5-6H3,(H,40,44)/t26-,28?,35+/m0/s1. The molecule has 3 aromatic rings. The quantitative estimate of drug-likeness (QED) is 0.128. The summed E-state index contributed by atoms with van der Waals surface area (Å²) in [6, 6.07) is 17.0. The fourth-order valence-corrected chi connectivity index (χ4v) is 6.49. The van der Waals surface area contributed by atoms with E-state index in [2.05, 4.69) is 28.0 Å². The van der Waals surface area contributed by atoms with Crippen LogP contribution in [-0.2, 0) is 9.53 Å². The summed E-state index contributed by atoms with van der Waals surface area (Å²) in [6.07, 6.45) is 3.26. The number of carbonyl (C=O) groups excluding carboxylic acids is 2. The van der Waals surface area contributed by atoms with Gasteiger partial charge in [0.1, 0.15) is 11.4 Å². The van der Waals surface area contributed by atoms with E-state index in [9.17, 15) is 9.59 Å². The van der Waals surface area contributed by atoms with Crippen molar-refractivity contribution in [2.45, 2.75) is 51.1 Å². The van der Waals surface area contributed by atoms with Gasteiger partial charge in [-0.3, -0.25) is 14.7 Å². The molecule has 0 aromatic heterocycles. The van der Waals surface area contributed by atoms with E-state index in [1.807, 2.05) is 38.8 Å². The third-order valence-electron chi connectivity index (χ3n) is 8.59. The van der Waals surface area contributed by atoms with Crippen molar-refractivity contribution in [3.63, 3.8) is 0 Å². The normalized spacial score (nSPS) is 19.6. The highest BCUT2D eigenvalue weighted by Crippen LogP contribution is 2.48. The molecule has 1 aliphatic rings. The van der Waals surface area contributed by atoms with Gasteiger partial charge in [0.25, 0.3) is 0 Å². The predicted octanol–water partition coefficient (Wildman–Crippen LogP) is 8.30. The van der Waals surface area contributed by atoms with Crippen LogP contribution in [0.1, 0.15) is 55.5 Å². The fourth-order valence-electron chi connectivity index (χ4n) is 6.11. The highest BCUT2D eigenvalue weighted by atomic mass is 35.5. The molecule has 0 bridgehead atoms. The van der Waals surface area contributed by atoms with Gasteiger partial charge in [0.15, 0.2) is 0 Å². The number of anilines is 2.